The molecule has 0 aliphatic carbocycles. The zero-order valence-corrected chi connectivity index (χ0v) is 12.1. The lowest BCUT2D eigenvalue weighted by molar-refractivity contribution is -0.275. The van der Waals surface area contributed by atoms with Gasteiger partial charge in [0.05, 0.1) is 0 Å². The first kappa shape index (κ1) is 16.2. The molecule has 2 rings (SSSR count). The highest BCUT2D eigenvalue weighted by atomic mass is 32.2. The van der Waals surface area contributed by atoms with Crippen LogP contribution in [0.15, 0.2) is 53.4 Å². The maximum absolute atomic E-state index is 12.3. The Bertz CT molecular complexity index is 752. The Hall–Kier alpha value is -2.22. The smallest absolute Gasteiger partial charge is 0.404 e. The van der Waals surface area contributed by atoms with Gasteiger partial charge in [0.1, 0.15) is 10.6 Å². The standard InChI is InChI=1S/C14H11F3O4S/c1-10-6-8-11(9-7-10)21-22(18,19)13-5-3-2-4-12(13)20-14(15,16)17/h2-9H,1H3. The van der Waals surface area contributed by atoms with E-state index in [-0.39, 0.29) is 5.75 Å². The van der Waals surface area contributed by atoms with E-state index in [0.717, 1.165) is 17.7 Å². The number of para-hydroxylation sites is 1. The number of benzene rings is 2. The molecule has 4 nitrogen and oxygen atoms in total. The molecule has 22 heavy (non-hydrogen) atoms. The predicted octanol–water partition coefficient (Wildman–Crippen LogP) is 3.66. The van der Waals surface area contributed by atoms with Crippen LogP contribution in [0.2, 0.25) is 0 Å². The summed E-state index contributed by atoms with van der Waals surface area (Å²) >= 11 is 0. The van der Waals surface area contributed by atoms with Crippen LogP contribution in [-0.4, -0.2) is 14.8 Å². The maximum atomic E-state index is 12.3. The van der Waals surface area contributed by atoms with Gasteiger partial charge in [0.15, 0.2) is 5.75 Å². The first-order chi connectivity index (χ1) is 10.2. The first-order valence-electron chi connectivity index (χ1n) is 6.03. The summed E-state index contributed by atoms with van der Waals surface area (Å²) in [6, 6.07) is 10.4. The lowest BCUT2D eigenvalue weighted by Crippen LogP contribution is -2.20. The predicted molar refractivity (Wildman–Crippen MR) is 72.1 cm³/mol. The van der Waals surface area contributed by atoms with Crippen molar-refractivity contribution in [3.05, 3.63) is 54.1 Å². The molecule has 0 aliphatic heterocycles. The molecule has 0 aromatic heterocycles. The summed E-state index contributed by atoms with van der Waals surface area (Å²) in [6.07, 6.45) is -5.00. The number of aryl methyl sites for hydroxylation is 1. The summed E-state index contributed by atoms with van der Waals surface area (Å²) in [7, 11) is -4.45. The minimum absolute atomic E-state index is 0.00703. The topological polar surface area (TPSA) is 52.6 Å². The third kappa shape index (κ3) is 4.14. The molecule has 0 spiro atoms. The van der Waals surface area contributed by atoms with Crippen molar-refractivity contribution in [2.75, 3.05) is 0 Å². The van der Waals surface area contributed by atoms with E-state index in [1.807, 2.05) is 0 Å². The molecule has 0 atom stereocenters. The molecule has 0 radical (unpaired) electrons. The maximum Gasteiger partial charge on any atom is 0.573 e. The Kier molecular flexibility index (Phi) is 4.32. The third-order valence-corrected chi connectivity index (χ3v) is 3.86. The molecule has 8 heteroatoms. The lowest BCUT2D eigenvalue weighted by atomic mass is 10.2. The van der Waals surface area contributed by atoms with E-state index in [2.05, 4.69) is 4.74 Å². The Balaban J connectivity index is 2.35. The monoisotopic (exact) mass is 332 g/mol. The number of alkyl halides is 3. The number of hydrogen-bond donors (Lipinski definition) is 0. The Morgan fingerprint density at radius 2 is 1.55 bits per heavy atom. The average Bonchev–Trinajstić information content (AvgIpc) is 2.40. The van der Waals surface area contributed by atoms with Crippen molar-refractivity contribution >= 4 is 10.1 Å². The van der Waals surface area contributed by atoms with Gasteiger partial charge < -0.3 is 8.92 Å². The van der Waals surface area contributed by atoms with Crippen molar-refractivity contribution in [2.24, 2.45) is 0 Å². The number of rotatable bonds is 4. The Morgan fingerprint density at radius 1 is 0.955 bits per heavy atom. The fourth-order valence-electron chi connectivity index (χ4n) is 1.63. The highest BCUT2D eigenvalue weighted by Gasteiger charge is 2.34. The van der Waals surface area contributed by atoms with Gasteiger partial charge >= 0.3 is 16.5 Å². The van der Waals surface area contributed by atoms with Crippen LogP contribution in [0.4, 0.5) is 13.2 Å². The molecule has 0 N–H and O–H groups in total. The van der Waals surface area contributed by atoms with Crippen LogP contribution in [0.25, 0.3) is 0 Å². The zero-order valence-electron chi connectivity index (χ0n) is 11.3. The van der Waals surface area contributed by atoms with Crippen molar-refractivity contribution in [1.29, 1.82) is 0 Å². The van der Waals surface area contributed by atoms with Gasteiger partial charge in [-0.1, -0.05) is 29.8 Å². The molecule has 0 unspecified atom stereocenters. The first-order valence-corrected chi connectivity index (χ1v) is 7.44. The van der Waals surface area contributed by atoms with Crippen molar-refractivity contribution in [2.45, 2.75) is 18.2 Å². The summed E-state index contributed by atoms with van der Waals surface area (Å²) in [5.74, 6) is -0.852. The molecule has 2 aromatic rings. The quantitative estimate of drug-likeness (QED) is 0.802. The molecule has 0 bridgehead atoms. The molecule has 0 aliphatic rings. The normalized spacial score (nSPS) is 12.0. The van der Waals surface area contributed by atoms with Gasteiger partial charge in [0.25, 0.3) is 0 Å². The molecule has 0 heterocycles. The minimum atomic E-state index is -5.00. The summed E-state index contributed by atoms with van der Waals surface area (Å²) in [4.78, 5) is -0.701. The van der Waals surface area contributed by atoms with E-state index in [1.165, 1.54) is 24.3 Å². The van der Waals surface area contributed by atoms with Crippen LogP contribution >= 0.6 is 0 Å². The third-order valence-electron chi connectivity index (χ3n) is 2.57. The van der Waals surface area contributed by atoms with Gasteiger partial charge in [-0.25, -0.2) is 0 Å². The fourth-order valence-corrected chi connectivity index (χ4v) is 2.69. The van der Waals surface area contributed by atoms with E-state index in [4.69, 9.17) is 4.18 Å². The second kappa shape index (κ2) is 5.88. The summed E-state index contributed by atoms with van der Waals surface area (Å²) < 4.78 is 69.8. The average molecular weight is 332 g/mol. The fraction of sp³-hybridized carbons (Fsp3) is 0.143. The largest absolute Gasteiger partial charge is 0.573 e. The highest BCUT2D eigenvalue weighted by Crippen LogP contribution is 2.31. The van der Waals surface area contributed by atoms with Gasteiger partial charge in [-0.2, -0.15) is 8.42 Å². The minimum Gasteiger partial charge on any atom is -0.404 e. The summed E-state index contributed by atoms with van der Waals surface area (Å²) in [5.41, 5.74) is 0.880. The Labute approximate surface area is 125 Å². The molecule has 0 fully saturated rings. The van der Waals surface area contributed by atoms with Crippen LogP contribution in [0.3, 0.4) is 0 Å². The van der Waals surface area contributed by atoms with Gasteiger partial charge in [0, 0.05) is 0 Å². The van der Waals surface area contributed by atoms with Gasteiger partial charge in [0.2, 0.25) is 0 Å². The van der Waals surface area contributed by atoms with Crippen LogP contribution in [0.5, 0.6) is 11.5 Å². The Morgan fingerprint density at radius 3 is 2.14 bits per heavy atom. The van der Waals surface area contributed by atoms with Crippen molar-refractivity contribution in [3.8, 4) is 11.5 Å². The summed E-state index contributed by atoms with van der Waals surface area (Å²) in [6.45, 7) is 1.80. The molecule has 0 saturated carbocycles. The lowest BCUT2D eigenvalue weighted by Gasteiger charge is -2.13. The molecular formula is C14H11F3O4S. The molecule has 0 saturated heterocycles. The zero-order chi connectivity index (χ0) is 16.4. The number of hydrogen-bond acceptors (Lipinski definition) is 4. The number of halogens is 3. The number of ether oxygens (including phenoxy) is 1. The van der Waals surface area contributed by atoms with Crippen LogP contribution < -0.4 is 8.92 Å². The molecule has 0 amide bonds. The van der Waals surface area contributed by atoms with E-state index in [0.29, 0.717) is 0 Å². The second-order valence-electron chi connectivity index (χ2n) is 4.35. The molecule has 118 valence electrons. The van der Waals surface area contributed by atoms with E-state index < -0.39 is 27.1 Å². The van der Waals surface area contributed by atoms with Crippen molar-refractivity contribution in [1.82, 2.24) is 0 Å². The van der Waals surface area contributed by atoms with E-state index in [9.17, 15) is 21.6 Å². The van der Waals surface area contributed by atoms with Crippen LogP contribution in [-0.2, 0) is 10.1 Å². The second-order valence-corrected chi connectivity index (χ2v) is 5.86. The van der Waals surface area contributed by atoms with Crippen molar-refractivity contribution in [3.63, 3.8) is 0 Å². The van der Waals surface area contributed by atoms with Crippen molar-refractivity contribution < 1.29 is 30.5 Å². The van der Waals surface area contributed by atoms with Gasteiger partial charge in [-0.15, -0.1) is 13.2 Å². The summed E-state index contributed by atoms with van der Waals surface area (Å²) in [5, 5.41) is 0. The van der Waals surface area contributed by atoms with E-state index in [1.54, 1.807) is 19.1 Å². The molecule has 2 aromatic carbocycles. The highest BCUT2D eigenvalue weighted by molar-refractivity contribution is 7.87. The molecular weight excluding hydrogens is 321 g/mol. The van der Waals surface area contributed by atoms with Gasteiger partial charge in [-0.3, -0.25) is 0 Å². The SMILES string of the molecule is Cc1ccc(OS(=O)(=O)c2ccccc2OC(F)(F)F)cc1. The van der Waals surface area contributed by atoms with Crippen LogP contribution in [0.1, 0.15) is 5.56 Å². The van der Waals surface area contributed by atoms with Gasteiger partial charge in [-0.05, 0) is 31.2 Å². The van der Waals surface area contributed by atoms with E-state index >= 15 is 0 Å². The van der Waals surface area contributed by atoms with Crippen LogP contribution in [0, 0.1) is 6.92 Å².